The van der Waals surface area contributed by atoms with Gasteiger partial charge in [0.25, 0.3) is 5.56 Å². The molecule has 0 amide bonds. The zero-order valence-electron chi connectivity index (χ0n) is 24.2. The summed E-state index contributed by atoms with van der Waals surface area (Å²) in [7, 11) is 1.48. The Balaban J connectivity index is 1.55. The molecule has 1 N–H and O–H groups in total. The SMILES string of the molecule is CCCC1=C(C(=O)OCC)[C@@H](c2cccs2)n2c(s/c(=C/c3cc(Cl)c(OCc4cccc(C(=O)O)c4)c(OC)c3)c2=O)=N1. The minimum absolute atomic E-state index is 0.0702. The van der Waals surface area contributed by atoms with E-state index < -0.39 is 18.0 Å². The number of thiophene rings is 1. The Kier molecular flexibility index (Phi) is 9.68. The number of aromatic carboxylic acids is 1. The average Bonchev–Trinajstić information content (AvgIpc) is 3.64. The van der Waals surface area contributed by atoms with Crippen molar-refractivity contribution in [2.45, 2.75) is 39.3 Å². The van der Waals surface area contributed by atoms with Gasteiger partial charge >= 0.3 is 11.9 Å². The first-order valence-corrected chi connectivity index (χ1v) is 15.9. The Labute approximate surface area is 265 Å². The number of thiazole rings is 1. The summed E-state index contributed by atoms with van der Waals surface area (Å²) < 4.78 is 18.9. The van der Waals surface area contributed by atoms with Crippen molar-refractivity contribution < 1.29 is 28.9 Å². The van der Waals surface area contributed by atoms with Gasteiger partial charge in [-0.3, -0.25) is 9.36 Å². The molecule has 0 aliphatic carbocycles. The molecule has 12 heteroatoms. The van der Waals surface area contributed by atoms with E-state index in [2.05, 4.69) is 0 Å². The minimum atomic E-state index is -1.03. The molecule has 0 saturated carbocycles. The van der Waals surface area contributed by atoms with Crippen LogP contribution >= 0.6 is 34.3 Å². The van der Waals surface area contributed by atoms with Crippen LogP contribution in [0.4, 0.5) is 0 Å². The number of hydrogen-bond donors (Lipinski definition) is 1. The smallest absolute Gasteiger partial charge is 0.338 e. The van der Waals surface area contributed by atoms with E-state index in [0.717, 1.165) is 11.3 Å². The van der Waals surface area contributed by atoms with Gasteiger partial charge in [0, 0.05) is 4.88 Å². The van der Waals surface area contributed by atoms with E-state index in [9.17, 15) is 19.5 Å². The number of methoxy groups -OCH3 is 1. The molecule has 1 atom stereocenters. The fourth-order valence-electron chi connectivity index (χ4n) is 4.90. The first kappa shape index (κ1) is 31.2. The van der Waals surface area contributed by atoms with Crippen LogP contribution in [0.1, 0.15) is 59.1 Å². The van der Waals surface area contributed by atoms with E-state index in [0.29, 0.717) is 43.9 Å². The topological polar surface area (TPSA) is 116 Å². The lowest BCUT2D eigenvalue weighted by atomic mass is 9.99. The van der Waals surface area contributed by atoms with Crippen LogP contribution in [0, 0.1) is 0 Å². The number of benzene rings is 2. The molecule has 0 saturated heterocycles. The van der Waals surface area contributed by atoms with Crippen molar-refractivity contribution in [1.29, 1.82) is 0 Å². The standard InChI is InChI=1S/C32H29ClN2O7S2/c1-4-8-22-26(31(39)41-5-2)27(24-11-7-12-43-24)35-29(36)25(44-32(35)34-22)16-19-14-21(33)28(23(15-19)40-3)42-17-18-9-6-10-20(13-18)30(37)38/h6-7,9-16,27H,4-5,8,17H2,1-3H3,(H,37,38)/b25-16+/t27-/m1/s1. The molecule has 0 spiro atoms. The molecule has 5 rings (SSSR count). The fourth-order valence-corrected chi connectivity index (χ4v) is 7.02. The monoisotopic (exact) mass is 652 g/mol. The molecule has 44 heavy (non-hydrogen) atoms. The second kappa shape index (κ2) is 13.6. The number of carboxylic acid groups (broad SMARTS) is 1. The van der Waals surface area contributed by atoms with Gasteiger partial charge in [0.1, 0.15) is 12.6 Å². The second-order valence-electron chi connectivity index (χ2n) is 9.76. The molecule has 3 heterocycles. The number of carbonyl (C=O) groups is 2. The lowest BCUT2D eigenvalue weighted by molar-refractivity contribution is -0.139. The van der Waals surface area contributed by atoms with Gasteiger partial charge in [-0.1, -0.05) is 54.5 Å². The largest absolute Gasteiger partial charge is 0.493 e. The number of halogens is 1. The second-order valence-corrected chi connectivity index (χ2v) is 12.2. The number of allylic oxidation sites excluding steroid dienone is 1. The predicted molar refractivity (Wildman–Crippen MR) is 170 cm³/mol. The van der Waals surface area contributed by atoms with Crippen molar-refractivity contribution in [3.8, 4) is 11.5 Å². The third kappa shape index (κ3) is 6.35. The van der Waals surface area contributed by atoms with Crippen LogP contribution in [-0.4, -0.2) is 35.3 Å². The van der Waals surface area contributed by atoms with Crippen LogP contribution in [0.15, 0.2) is 75.0 Å². The highest BCUT2D eigenvalue weighted by Gasteiger charge is 2.34. The molecule has 228 valence electrons. The summed E-state index contributed by atoms with van der Waals surface area (Å²) in [5.41, 5.74) is 2.12. The number of hydrogen-bond acceptors (Lipinski definition) is 9. The lowest BCUT2D eigenvalue weighted by Gasteiger charge is -2.24. The van der Waals surface area contributed by atoms with Crippen molar-refractivity contribution in [1.82, 2.24) is 4.57 Å². The Hall–Kier alpha value is -4.19. The maximum absolute atomic E-state index is 13.9. The molecule has 4 aromatic rings. The van der Waals surface area contributed by atoms with Crippen LogP contribution in [0.3, 0.4) is 0 Å². The summed E-state index contributed by atoms with van der Waals surface area (Å²) in [6.45, 7) is 4.04. The van der Waals surface area contributed by atoms with Gasteiger partial charge in [-0.05, 0) is 66.3 Å². The minimum Gasteiger partial charge on any atom is -0.493 e. The van der Waals surface area contributed by atoms with Crippen LogP contribution in [0.2, 0.25) is 5.02 Å². The zero-order chi connectivity index (χ0) is 31.4. The van der Waals surface area contributed by atoms with Gasteiger partial charge in [0.15, 0.2) is 16.3 Å². The number of fused-ring (bicyclic) bond motifs is 1. The molecule has 0 fully saturated rings. The Bertz CT molecular complexity index is 1930. The Morgan fingerprint density at radius 3 is 2.66 bits per heavy atom. The summed E-state index contributed by atoms with van der Waals surface area (Å²) in [5.74, 6) is -0.877. The van der Waals surface area contributed by atoms with E-state index in [-0.39, 0.29) is 35.1 Å². The summed E-state index contributed by atoms with van der Waals surface area (Å²) in [5, 5.41) is 11.4. The van der Waals surface area contributed by atoms with Crippen molar-refractivity contribution >= 4 is 52.3 Å². The number of ether oxygens (including phenoxy) is 3. The fraction of sp³-hybridized carbons (Fsp3) is 0.250. The van der Waals surface area contributed by atoms with Crippen LogP contribution in [0.5, 0.6) is 11.5 Å². The van der Waals surface area contributed by atoms with Gasteiger partial charge in [-0.15, -0.1) is 11.3 Å². The average molecular weight is 653 g/mol. The van der Waals surface area contributed by atoms with E-state index in [1.165, 1.54) is 41.9 Å². The third-order valence-corrected chi connectivity index (χ3v) is 9.00. The predicted octanol–water partition coefficient (Wildman–Crippen LogP) is 5.58. The van der Waals surface area contributed by atoms with Gasteiger partial charge in [0.2, 0.25) is 0 Å². The number of carbonyl (C=O) groups excluding carboxylic acids is 1. The van der Waals surface area contributed by atoms with Crippen LogP contribution in [-0.2, 0) is 16.1 Å². The molecule has 0 unspecified atom stereocenters. The normalized spacial score (nSPS) is 14.6. The number of esters is 1. The van der Waals surface area contributed by atoms with E-state index in [1.54, 1.807) is 41.8 Å². The molecule has 0 bridgehead atoms. The van der Waals surface area contributed by atoms with Crippen molar-refractivity contribution in [2.24, 2.45) is 4.99 Å². The van der Waals surface area contributed by atoms with Crippen LogP contribution < -0.4 is 24.4 Å². The molecule has 2 aromatic heterocycles. The van der Waals surface area contributed by atoms with Crippen molar-refractivity contribution in [3.05, 3.63) is 111 Å². The zero-order valence-corrected chi connectivity index (χ0v) is 26.6. The maximum atomic E-state index is 13.9. The van der Waals surface area contributed by atoms with Crippen molar-refractivity contribution in [3.63, 3.8) is 0 Å². The van der Waals surface area contributed by atoms with Gasteiger partial charge < -0.3 is 19.3 Å². The highest BCUT2D eigenvalue weighted by molar-refractivity contribution is 7.10. The molecule has 1 aliphatic heterocycles. The molecule has 1 aliphatic rings. The van der Waals surface area contributed by atoms with E-state index in [1.807, 2.05) is 24.4 Å². The number of carboxylic acids is 1. The molecule has 9 nitrogen and oxygen atoms in total. The maximum Gasteiger partial charge on any atom is 0.338 e. The molecule has 2 aromatic carbocycles. The first-order chi connectivity index (χ1) is 21.2. The number of aromatic nitrogens is 1. The van der Waals surface area contributed by atoms with E-state index in [4.69, 9.17) is 30.8 Å². The summed E-state index contributed by atoms with van der Waals surface area (Å²) in [4.78, 5) is 44.6. The third-order valence-electron chi connectivity index (χ3n) is 6.81. The number of nitrogens with zero attached hydrogens (tertiary/aromatic N) is 2. The highest BCUT2D eigenvalue weighted by atomic mass is 35.5. The molecular formula is C32H29ClN2O7S2. The first-order valence-electron chi connectivity index (χ1n) is 13.8. The summed E-state index contributed by atoms with van der Waals surface area (Å²) in [6.07, 6.45) is 3.04. The lowest BCUT2D eigenvalue weighted by Crippen LogP contribution is -2.39. The van der Waals surface area contributed by atoms with E-state index >= 15 is 0 Å². The summed E-state index contributed by atoms with van der Waals surface area (Å²) in [6, 6.07) is 12.9. The van der Waals surface area contributed by atoms with Gasteiger partial charge in [0.05, 0.1) is 40.1 Å². The molecular weight excluding hydrogens is 624 g/mol. The van der Waals surface area contributed by atoms with Crippen molar-refractivity contribution in [2.75, 3.05) is 13.7 Å². The van der Waals surface area contributed by atoms with Gasteiger partial charge in [-0.2, -0.15) is 0 Å². The Morgan fingerprint density at radius 1 is 1.16 bits per heavy atom. The molecule has 0 radical (unpaired) electrons. The number of rotatable bonds is 11. The van der Waals surface area contributed by atoms with Gasteiger partial charge in [-0.25, -0.2) is 14.6 Å². The van der Waals surface area contributed by atoms with Crippen LogP contribution in [0.25, 0.3) is 6.08 Å². The quantitative estimate of drug-likeness (QED) is 0.210. The summed E-state index contributed by atoms with van der Waals surface area (Å²) >= 11 is 9.32. The Morgan fingerprint density at radius 2 is 1.98 bits per heavy atom. The highest BCUT2D eigenvalue weighted by Crippen LogP contribution is 2.38.